The first kappa shape index (κ1) is 11.5. The molecule has 0 fully saturated rings. The van der Waals surface area contributed by atoms with E-state index in [9.17, 15) is 5.11 Å². The van der Waals surface area contributed by atoms with Crippen LogP contribution in [0, 0.1) is 0 Å². The summed E-state index contributed by atoms with van der Waals surface area (Å²) >= 11 is 3.37. The van der Waals surface area contributed by atoms with Crippen molar-refractivity contribution in [2.24, 2.45) is 5.73 Å². The van der Waals surface area contributed by atoms with Gasteiger partial charge in [-0.05, 0) is 24.6 Å². The molecule has 0 saturated heterocycles. The third kappa shape index (κ3) is 3.00. The minimum absolute atomic E-state index is 0.0625. The summed E-state index contributed by atoms with van der Waals surface area (Å²) in [6, 6.07) is 5.30. The maximum absolute atomic E-state index is 9.60. The molecule has 0 spiro atoms. The van der Waals surface area contributed by atoms with Gasteiger partial charge in [0.05, 0.1) is 0 Å². The second kappa shape index (κ2) is 5.37. The Hall–Kier alpha value is -0.540. The van der Waals surface area contributed by atoms with E-state index in [1.165, 1.54) is 0 Å². The molecule has 0 heterocycles. The minimum Gasteiger partial charge on any atom is -0.508 e. The van der Waals surface area contributed by atoms with E-state index in [0.29, 0.717) is 0 Å². The van der Waals surface area contributed by atoms with Gasteiger partial charge in [0.25, 0.3) is 0 Å². The number of benzene rings is 1. The number of hydrogen-bond donors (Lipinski definition) is 2. The van der Waals surface area contributed by atoms with E-state index in [1.807, 2.05) is 12.1 Å². The molecule has 0 aliphatic rings. The summed E-state index contributed by atoms with van der Waals surface area (Å²) in [7, 11) is 0. The van der Waals surface area contributed by atoms with Gasteiger partial charge in [-0.1, -0.05) is 35.7 Å². The zero-order valence-electron chi connectivity index (χ0n) is 8.33. The lowest BCUT2D eigenvalue weighted by Crippen LogP contribution is -2.10. The van der Waals surface area contributed by atoms with Gasteiger partial charge in [0, 0.05) is 16.1 Å². The Morgan fingerprint density at radius 1 is 1.50 bits per heavy atom. The largest absolute Gasteiger partial charge is 0.508 e. The van der Waals surface area contributed by atoms with Gasteiger partial charge in [0.15, 0.2) is 0 Å². The Bertz CT molecular complexity index is 301. The fourth-order valence-corrected chi connectivity index (χ4v) is 1.78. The van der Waals surface area contributed by atoms with E-state index in [2.05, 4.69) is 22.9 Å². The Labute approximate surface area is 93.3 Å². The number of nitrogens with two attached hydrogens (primary N) is 1. The molecule has 0 saturated carbocycles. The molecule has 0 bridgehead atoms. The third-order valence-electron chi connectivity index (χ3n) is 2.26. The molecule has 0 unspecified atom stereocenters. The number of halogens is 1. The Morgan fingerprint density at radius 3 is 2.86 bits per heavy atom. The Morgan fingerprint density at radius 2 is 2.21 bits per heavy atom. The summed E-state index contributed by atoms with van der Waals surface area (Å²) < 4.78 is 0.956. The number of phenols is 1. The van der Waals surface area contributed by atoms with E-state index < -0.39 is 0 Å². The highest BCUT2D eigenvalue weighted by molar-refractivity contribution is 9.10. The number of hydrogen-bond acceptors (Lipinski definition) is 2. The molecule has 3 N–H and O–H groups in total. The molecule has 0 aliphatic carbocycles. The second-order valence-corrected chi connectivity index (χ2v) is 4.37. The molecule has 1 aromatic carbocycles. The smallest absolute Gasteiger partial charge is 0.120 e. The zero-order chi connectivity index (χ0) is 10.6. The molecule has 0 aliphatic heterocycles. The first-order valence-electron chi connectivity index (χ1n) is 4.89. The van der Waals surface area contributed by atoms with Crippen LogP contribution < -0.4 is 5.73 Å². The summed E-state index contributed by atoms with van der Waals surface area (Å²) in [6.07, 6.45) is 3.14. The highest BCUT2D eigenvalue weighted by Crippen LogP contribution is 2.28. The average molecular weight is 258 g/mol. The molecule has 1 atom stereocenters. The van der Waals surface area contributed by atoms with Crippen LogP contribution in [0.3, 0.4) is 0 Å². The number of rotatable bonds is 4. The normalized spacial score (nSPS) is 12.8. The maximum Gasteiger partial charge on any atom is 0.120 e. The van der Waals surface area contributed by atoms with Crippen LogP contribution in [0.5, 0.6) is 5.75 Å². The van der Waals surface area contributed by atoms with Crippen molar-refractivity contribution in [3.05, 3.63) is 28.2 Å². The monoisotopic (exact) mass is 257 g/mol. The van der Waals surface area contributed by atoms with Gasteiger partial charge in [0.1, 0.15) is 5.75 Å². The lowest BCUT2D eigenvalue weighted by Gasteiger charge is -2.13. The highest BCUT2D eigenvalue weighted by Gasteiger charge is 2.10. The minimum atomic E-state index is -0.0625. The van der Waals surface area contributed by atoms with Crippen molar-refractivity contribution in [2.45, 2.75) is 32.2 Å². The van der Waals surface area contributed by atoms with E-state index >= 15 is 0 Å². The quantitative estimate of drug-likeness (QED) is 0.869. The molecule has 2 nitrogen and oxygen atoms in total. The van der Waals surface area contributed by atoms with Crippen molar-refractivity contribution in [2.75, 3.05) is 0 Å². The van der Waals surface area contributed by atoms with Crippen molar-refractivity contribution < 1.29 is 5.11 Å². The van der Waals surface area contributed by atoms with Crippen LogP contribution in [0.15, 0.2) is 22.7 Å². The maximum atomic E-state index is 9.60. The van der Waals surface area contributed by atoms with Gasteiger partial charge in [-0.3, -0.25) is 0 Å². The molecule has 3 heteroatoms. The van der Waals surface area contributed by atoms with Crippen LogP contribution in [0.25, 0.3) is 0 Å². The van der Waals surface area contributed by atoms with Gasteiger partial charge in [-0.15, -0.1) is 0 Å². The second-order valence-electron chi connectivity index (χ2n) is 3.45. The summed E-state index contributed by atoms with van der Waals surface area (Å²) in [5.74, 6) is 0.289. The summed E-state index contributed by atoms with van der Waals surface area (Å²) in [4.78, 5) is 0. The Kier molecular flexibility index (Phi) is 4.42. The average Bonchev–Trinajstić information content (AvgIpc) is 2.18. The van der Waals surface area contributed by atoms with Gasteiger partial charge in [-0.25, -0.2) is 0 Å². The van der Waals surface area contributed by atoms with Crippen LogP contribution in [0.4, 0.5) is 0 Å². The zero-order valence-corrected chi connectivity index (χ0v) is 9.92. The van der Waals surface area contributed by atoms with Crippen LogP contribution in [0.1, 0.15) is 37.8 Å². The number of phenolic OH excluding ortho intramolecular Hbond substituents is 1. The first-order valence-corrected chi connectivity index (χ1v) is 5.68. The third-order valence-corrected chi connectivity index (χ3v) is 2.75. The van der Waals surface area contributed by atoms with Crippen LogP contribution in [-0.4, -0.2) is 5.11 Å². The van der Waals surface area contributed by atoms with Crippen molar-refractivity contribution in [3.8, 4) is 5.75 Å². The summed E-state index contributed by atoms with van der Waals surface area (Å²) in [6.45, 7) is 2.13. The van der Waals surface area contributed by atoms with Crippen molar-refractivity contribution in [1.82, 2.24) is 0 Å². The Balaban J connectivity index is 2.77. The lowest BCUT2D eigenvalue weighted by molar-refractivity contribution is 0.456. The predicted octanol–water partition coefficient (Wildman–Crippen LogP) is 3.34. The van der Waals surface area contributed by atoms with Crippen LogP contribution in [-0.2, 0) is 0 Å². The molecule has 1 rings (SSSR count). The summed E-state index contributed by atoms with van der Waals surface area (Å²) in [5.41, 5.74) is 6.80. The molecule has 1 aromatic rings. The predicted molar refractivity (Wildman–Crippen MR) is 62.3 cm³/mol. The van der Waals surface area contributed by atoms with Crippen LogP contribution in [0.2, 0.25) is 0 Å². The van der Waals surface area contributed by atoms with Crippen molar-refractivity contribution in [1.29, 1.82) is 0 Å². The fourth-order valence-electron chi connectivity index (χ4n) is 1.40. The summed E-state index contributed by atoms with van der Waals surface area (Å²) in [5, 5.41) is 9.60. The topological polar surface area (TPSA) is 46.2 Å². The van der Waals surface area contributed by atoms with E-state index in [1.54, 1.807) is 6.07 Å². The van der Waals surface area contributed by atoms with Crippen LogP contribution >= 0.6 is 15.9 Å². The molecular weight excluding hydrogens is 242 g/mol. The van der Waals surface area contributed by atoms with Crippen molar-refractivity contribution >= 4 is 15.9 Å². The lowest BCUT2D eigenvalue weighted by atomic mass is 10.0. The molecular formula is C11H16BrNO. The first-order chi connectivity index (χ1) is 6.65. The molecule has 14 heavy (non-hydrogen) atoms. The molecule has 0 radical (unpaired) electrons. The van der Waals surface area contributed by atoms with E-state index in [-0.39, 0.29) is 11.8 Å². The SMILES string of the molecule is CCCC[C@@H](N)c1cc(Br)ccc1O. The van der Waals surface area contributed by atoms with Gasteiger partial charge < -0.3 is 10.8 Å². The van der Waals surface area contributed by atoms with Crippen molar-refractivity contribution in [3.63, 3.8) is 0 Å². The van der Waals surface area contributed by atoms with Gasteiger partial charge in [0.2, 0.25) is 0 Å². The van der Waals surface area contributed by atoms with Gasteiger partial charge in [-0.2, -0.15) is 0 Å². The molecule has 78 valence electrons. The standard InChI is InChI=1S/C11H16BrNO/c1-2-3-4-10(13)9-7-8(12)5-6-11(9)14/h5-7,10,14H,2-4,13H2,1H3/t10-/m1/s1. The highest BCUT2D eigenvalue weighted by atomic mass is 79.9. The molecule has 0 aromatic heterocycles. The van der Waals surface area contributed by atoms with E-state index in [0.717, 1.165) is 29.3 Å². The number of unbranched alkanes of at least 4 members (excludes halogenated alkanes) is 1. The van der Waals surface area contributed by atoms with E-state index in [4.69, 9.17) is 5.73 Å². The fraction of sp³-hybridized carbons (Fsp3) is 0.455. The number of aromatic hydroxyl groups is 1. The molecule has 0 amide bonds. The van der Waals surface area contributed by atoms with Gasteiger partial charge >= 0.3 is 0 Å².